The van der Waals surface area contributed by atoms with Gasteiger partial charge in [0.15, 0.2) is 5.82 Å². The number of para-hydroxylation sites is 1. The lowest BCUT2D eigenvalue weighted by molar-refractivity contribution is 0.0954. The van der Waals surface area contributed by atoms with Gasteiger partial charge in [0.2, 0.25) is 10.6 Å². The van der Waals surface area contributed by atoms with Crippen molar-refractivity contribution in [2.75, 3.05) is 12.3 Å². The van der Waals surface area contributed by atoms with E-state index in [0.29, 0.717) is 28.7 Å². The third kappa shape index (κ3) is 3.63. The van der Waals surface area contributed by atoms with E-state index in [1.54, 1.807) is 12.3 Å². The number of H-pyrrole nitrogens is 1. The van der Waals surface area contributed by atoms with Crippen molar-refractivity contribution in [1.29, 1.82) is 0 Å². The predicted octanol–water partition coefficient (Wildman–Crippen LogP) is 3.43. The summed E-state index contributed by atoms with van der Waals surface area (Å²) in [5, 5.41) is 11.2. The van der Waals surface area contributed by atoms with E-state index in [-0.39, 0.29) is 22.9 Å². The van der Waals surface area contributed by atoms with E-state index < -0.39 is 0 Å². The standard InChI is InChI=1S/C23H21N5O2S/c1-14-12-16-8-5-9-17-19(16)28(14)13-18(20(17)29)22(30)24-10-11-31-23-25-21(26-27-23)15-6-3-2-4-7-15/h2-9,13-14H,10-12H2,1H3,(H,24,30)(H,25,26,27)/t14-/m0/s1. The molecule has 7 nitrogen and oxygen atoms in total. The van der Waals surface area contributed by atoms with Gasteiger partial charge in [-0.05, 0) is 25.0 Å². The average molecular weight is 432 g/mol. The van der Waals surface area contributed by atoms with E-state index in [9.17, 15) is 9.59 Å². The summed E-state index contributed by atoms with van der Waals surface area (Å²) >= 11 is 1.44. The zero-order chi connectivity index (χ0) is 21.4. The number of aromatic nitrogens is 4. The smallest absolute Gasteiger partial charge is 0.256 e. The fourth-order valence-corrected chi connectivity index (χ4v) is 4.67. The van der Waals surface area contributed by atoms with Gasteiger partial charge in [0.1, 0.15) is 5.56 Å². The molecule has 8 heteroatoms. The second-order valence-corrected chi connectivity index (χ2v) is 8.64. The number of benzene rings is 2. The van der Waals surface area contributed by atoms with Crippen molar-refractivity contribution in [1.82, 2.24) is 25.1 Å². The van der Waals surface area contributed by atoms with Crippen LogP contribution in [0.15, 0.2) is 64.7 Å². The van der Waals surface area contributed by atoms with E-state index >= 15 is 0 Å². The van der Waals surface area contributed by atoms with Crippen molar-refractivity contribution in [3.8, 4) is 11.4 Å². The Morgan fingerprint density at radius 3 is 2.90 bits per heavy atom. The summed E-state index contributed by atoms with van der Waals surface area (Å²) in [6.07, 6.45) is 2.58. The van der Waals surface area contributed by atoms with Crippen LogP contribution in [0.1, 0.15) is 28.9 Å². The van der Waals surface area contributed by atoms with Gasteiger partial charge in [0, 0.05) is 35.5 Å². The molecule has 4 aromatic rings. The summed E-state index contributed by atoms with van der Waals surface area (Å²) in [5.74, 6) is 0.962. The van der Waals surface area contributed by atoms with Crippen LogP contribution < -0.4 is 10.7 Å². The van der Waals surface area contributed by atoms with Crippen LogP contribution in [0.5, 0.6) is 0 Å². The van der Waals surface area contributed by atoms with Crippen LogP contribution >= 0.6 is 11.8 Å². The molecule has 156 valence electrons. The van der Waals surface area contributed by atoms with Crippen molar-refractivity contribution in [3.63, 3.8) is 0 Å². The molecule has 0 bridgehead atoms. The minimum absolute atomic E-state index is 0.188. The minimum atomic E-state index is -0.347. The van der Waals surface area contributed by atoms with E-state index in [2.05, 4.69) is 32.0 Å². The molecule has 1 aliphatic heterocycles. The SMILES string of the molecule is C[C@H]1Cc2cccc3c(=O)c(C(=O)NCCSc4n[nH]c(-c5ccccc5)n4)cn1c23. The second-order valence-electron chi connectivity index (χ2n) is 7.58. The molecule has 5 rings (SSSR count). The zero-order valence-electron chi connectivity index (χ0n) is 17.0. The summed E-state index contributed by atoms with van der Waals surface area (Å²) in [6, 6.07) is 15.7. The highest BCUT2D eigenvalue weighted by molar-refractivity contribution is 7.99. The fourth-order valence-electron chi connectivity index (χ4n) is 4.02. The normalized spacial score (nSPS) is 14.8. The van der Waals surface area contributed by atoms with E-state index in [1.807, 2.05) is 42.5 Å². The van der Waals surface area contributed by atoms with Crippen molar-refractivity contribution >= 4 is 28.6 Å². The van der Waals surface area contributed by atoms with Gasteiger partial charge in [0.05, 0.1) is 5.52 Å². The van der Waals surface area contributed by atoms with Crippen LogP contribution in [0.25, 0.3) is 22.3 Å². The molecule has 0 fully saturated rings. The monoisotopic (exact) mass is 431 g/mol. The highest BCUT2D eigenvalue weighted by atomic mass is 32.2. The molecule has 0 saturated carbocycles. The first-order valence-corrected chi connectivity index (χ1v) is 11.2. The van der Waals surface area contributed by atoms with E-state index in [1.165, 1.54) is 11.8 Å². The lowest BCUT2D eigenvalue weighted by Crippen LogP contribution is -2.31. The lowest BCUT2D eigenvalue weighted by atomic mass is 10.1. The Balaban J connectivity index is 1.24. The first-order chi connectivity index (χ1) is 15.1. The number of rotatable bonds is 6. The van der Waals surface area contributed by atoms with Gasteiger partial charge in [-0.1, -0.05) is 54.2 Å². The molecule has 0 unspecified atom stereocenters. The molecule has 0 spiro atoms. The molecule has 1 atom stereocenters. The van der Waals surface area contributed by atoms with Gasteiger partial charge < -0.3 is 9.88 Å². The first-order valence-electron chi connectivity index (χ1n) is 10.2. The molecular formula is C23H21N5O2S. The Bertz CT molecular complexity index is 1330. The van der Waals surface area contributed by atoms with Crippen LogP contribution in [0, 0.1) is 0 Å². The average Bonchev–Trinajstić information content (AvgIpc) is 3.39. The van der Waals surface area contributed by atoms with E-state index in [4.69, 9.17) is 0 Å². The van der Waals surface area contributed by atoms with Crippen LogP contribution in [0.4, 0.5) is 0 Å². The highest BCUT2D eigenvalue weighted by Crippen LogP contribution is 2.30. The Hall–Kier alpha value is -3.39. The minimum Gasteiger partial charge on any atom is -0.351 e. The van der Waals surface area contributed by atoms with Crippen molar-refractivity contribution in [3.05, 3.63) is 76.1 Å². The van der Waals surface area contributed by atoms with Crippen LogP contribution in [0.2, 0.25) is 0 Å². The van der Waals surface area contributed by atoms with Crippen molar-refractivity contribution in [2.45, 2.75) is 24.5 Å². The number of carbonyl (C=O) groups is 1. The number of carbonyl (C=O) groups excluding carboxylic acids is 1. The Kier molecular flexibility index (Phi) is 5.07. The van der Waals surface area contributed by atoms with Crippen molar-refractivity contribution < 1.29 is 4.79 Å². The quantitative estimate of drug-likeness (QED) is 0.360. The molecule has 2 N–H and O–H groups in total. The third-order valence-corrected chi connectivity index (χ3v) is 6.35. The summed E-state index contributed by atoms with van der Waals surface area (Å²) < 4.78 is 2.05. The fraction of sp³-hybridized carbons (Fsp3) is 0.217. The van der Waals surface area contributed by atoms with Crippen molar-refractivity contribution in [2.24, 2.45) is 0 Å². The van der Waals surface area contributed by atoms with E-state index in [0.717, 1.165) is 23.1 Å². The number of hydrogen-bond acceptors (Lipinski definition) is 5. The molecule has 2 aromatic heterocycles. The summed E-state index contributed by atoms with van der Waals surface area (Å²) in [5.41, 5.74) is 3.05. The predicted molar refractivity (Wildman–Crippen MR) is 121 cm³/mol. The van der Waals surface area contributed by atoms with Gasteiger partial charge in [-0.2, -0.15) is 0 Å². The van der Waals surface area contributed by atoms with Gasteiger partial charge in [-0.3, -0.25) is 14.7 Å². The number of nitrogens with zero attached hydrogens (tertiary/aromatic N) is 3. The zero-order valence-corrected chi connectivity index (χ0v) is 17.8. The number of amides is 1. The maximum absolute atomic E-state index is 12.9. The molecular weight excluding hydrogens is 410 g/mol. The Labute approximate surface area is 182 Å². The van der Waals surface area contributed by atoms with Crippen LogP contribution in [0.3, 0.4) is 0 Å². The largest absolute Gasteiger partial charge is 0.351 e. The summed E-state index contributed by atoms with van der Waals surface area (Å²) in [7, 11) is 0. The second kappa shape index (κ2) is 8.03. The molecule has 1 amide bonds. The van der Waals surface area contributed by atoms with Gasteiger partial charge in [-0.15, -0.1) is 5.10 Å². The first kappa shape index (κ1) is 19.6. The van der Waals surface area contributed by atoms with Gasteiger partial charge in [-0.25, -0.2) is 4.98 Å². The molecule has 0 aliphatic carbocycles. The molecule has 1 aliphatic rings. The lowest BCUT2D eigenvalue weighted by Gasteiger charge is -2.12. The number of nitrogens with one attached hydrogen (secondary N) is 2. The van der Waals surface area contributed by atoms with Crippen LogP contribution in [-0.2, 0) is 6.42 Å². The maximum atomic E-state index is 12.9. The molecule has 0 saturated heterocycles. The third-order valence-electron chi connectivity index (χ3n) is 5.50. The van der Waals surface area contributed by atoms with Gasteiger partial charge >= 0.3 is 0 Å². The molecule has 0 radical (unpaired) electrons. The topological polar surface area (TPSA) is 92.7 Å². The van der Waals surface area contributed by atoms with Crippen LogP contribution in [-0.4, -0.2) is 38.0 Å². The number of hydrogen-bond donors (Lipinski definition) is 2. The molecule has 31 heavy (non-hydrogen) atoms. The Morgan fingerprint density at radius 1 is 1.23 bits per heavy atom. The molecule has 2 aromatic carbocycles. The highest BCUT2D eigenvalue weighted by Gasteiger charge is 2.24. The summed E-state index contributed by atoms with van der Waals surface area (Å²) in [6.45, 7) is 2.51. The number of thioether (sulfide) groups is 1. The summed E-state index contributed by atoms with van der Waals surface area (Å²) in [4.78, 5) is 30.1. The molecule has 3 heterocycles. The Morgan fingerprint density at radius 2 is 2.06 bits per heavy atom. The number of aromatic amines is 1. The number of pyridine rings is 1. The maximum Gasteiger partial charge on any atom is 0.256 e. The van der Waals surface area contributed by atoms with Gasteiger partial charge in [0.25, 0.3) is 5.91 Å².